The summed E-state index contributed by atoms with van der Waals surface area (Å²) in [5, 5.41) is 0. The quantitative estimate of drug-likeness (QED) is 0.828. The molecule has 0 aliphatic carbocycles. The second kappa shape index (κ2) is 5.96. The zero-order chi connectivity index (χ0) is 14.8. The van der Waals surface area contributed by atoms with Gasteiger partial charge in [-0.15, -0.1) is 0 Å². The van der Waals surface area contributed by atoms with Crippen molar-refractivity contribution >= 4 is 5.91 Å². The normalized spacial score (nSPS) is 20.0. The van der Waals surface area contributed by atoms with Gasteiger partial charge in [0.15, 0.2) is 0 Å². The maximum Gasteiger partial charge on any atom is 0.223 e. The molecule has 1 heterocycles. The number of hydrogen-bond donors (Lipinski definition) is 0. The van der Waals surface area contributed by atoms with E-state index in [-0.39, 0.29) is 17.4 Å². The number of benzene rings is 1. The van der Waals surface area contributed by atoms with Crippen LogP contribution in [0, 0.1) is 12.3 Å². The van der Waals surface area contributed by atoms with Crippen LogP contribution in [-0.2, 0) is 9.53 Å². The van der Waals surface area contributed by atoms with Crippen LogP contribution in [0.25, 0.3) is 0 Å². The van der Waals surface area contributed by atoms with E-state index in [9.17, 15) is 4.79 Å². The Hall–Kier alpha value is -1.35. The minimum absolute atomic E-state index is 0.00766. The SMILES string of the molecule is Cc1ccc(C2CN(C(=O)CC(C)(C)C)CCO2)cc1. The van der Waals surface area contributed by atoms with Crippen molar-refractivity contribution in [3.63, 3.8) is 0 Å². The molecule has 1 aliphatic heterocycles. The van der Waals surface area contributed by atoms with E-state index in [1.165, 1.54) is 5.56 Å². The largest absolute Gasteiger partial charge is 0.370 e. The fraction of sp³-hybridized carbons (Fsp3) is 0.588. The molecule has 1 aromatic carbocycles. The predicted octanol–water partition coefficient (Wildman–Crippen LogP) is 3.33. The lowest BCUT2D eigenvalue weighted by atomic mass is 9.91. The van der Waals surface area contributed by atoms with Crippen LogP contribution in [0.4, 0.5) is 0 Å². The van der Waals surface area contributed by atoms with Crippen molar-refractivity contribution < 1.29 is 9.53 Å². The fourth-order valence-corrected chi connectivity index (χ4v) is 2.42. The molecule has 20 heavy (non-hydrogen) atoms. The maximum absolute atomic E-state index is 12.3. The zero-order valence-electron chi connectivity index (χ0n) is 13.0. The van der Waals surface area contributed by atoms with Gasteiger partial charge in [0.25, 0.3) is 0 Å². The zero-order valence-corrected chi connectivity index (χ0v) is 13.0. The van der Waals surface area contributed by atoms with Gasteiger partial charge in [-0.25, -0.2) is 0 Å². The Morgan fingerprint density at radius 3 is 2.55 bits per heavy atom. The number of nitrogens with zero attached hydrogens (tertiary/aromatic N) is 1. The lowest BCUT2D eigenvalue weighted by Crippen LogP contribution is -2.43. The van der Waals surface area contributed by atoms with Gasteiger partial charge >= 0.3 is 0 Å². The first kappa shape index (κ1) is 15.0. The van der Waals surface area contributed by atoms with Crippen LogP contribution < -0.4 is 0 Å². The molecule has 1 aliphatic rings. The molecule has 0 aromatic heterocycles. The van der Waals surface area contributed by atoms with Crippen LogP contribution in [0.5, 0.6) is 0 Å². The summed E-state index contributed by atoms with van der Waals surface area (Å²) in [5.74, 6) is 0.234. The summed E-state index contributed by atoms with van der Waals surface area (Å²) >= 11 is 0. The Bertz CT molecular complexity index is 459. The number of hydrogen-bond acceptors (Lipinski definition) is 2. The van der Waals surface area contributed by atoms with Crippen molar-refractivity contribution in [3.05, 3.63) is 35.4 Å². The van der Waals surface area contributed by atoms with Gasteiger partial charge in [0.05, 0.1) is 13.2 Å². The monoisotopic (exact) mass is 275 g/mol. The van der Waals surface area contributed by atoms with Crippen molar-refractivity contribution in [2.75, 3.05) is 19.7 Å². The highest BCUT2D eigenvalue weighted by atomic mass is 16.5. The van der Waals surface area contributed by atoms with Gasteiger partial charge in [-0.1, -0.05) is 50.6 Å². The summed E-state index contributed by atoms with van der Waals surface area (Å²) in [6.07, 6.45) is 0.599. The van der Waals surface area contributed by atoms with Gasteiger partial charge in [0.2, 0.25) is 5.91 Å². The molecular weight excluding hydrogens is 250 g/mol. The van der Waals surface area contributed by atoms with E-state index >= 15 is 0 Å². The van der Waals surface area contributed by atoms with Crippen LogP contribution in [0.15, 0.2) is 24.3 Å². The third-order valence-corrected chi connectivity index (χ3v) is 3.55. The molecule has 0 saturated carbocycles. The van der Waals surface area contributed by atoms with Crippen LogP contribution >= 0.6 is 0 Å². The van der Waals surface area contributed by atoms with Gasteiger partial charge in [0, 0.05) is 13.0 Å². The summed E-state index contributed by atoms with van der Waals surface area (Å²) in [6, 6.07) is 8.37. The van der Waals surface area contributed by atoms with E-state index in [0.717, 1.165) is 5.56 Å². The average molecular weight is 275 g/mol. The molecular formula is C17H25NO2. The second-order valence-electron chi connectivity index (χ2n) is 6.85. The summed E-state index contributed by atoms with van der Waals surface area (Å²) in [5.41, 5.74) is 2.43. The van der Waals surface area contributed by atoms with Crippen molar-refractivity contribution in [2.45, 2.75) is 40.2 Å². The smallest absolute Gasteiger partial charge is 0.223 e. The number of carbonyl (C=O) groups is 1. The van der Waals surface area contributed by atoms with Gasteiger partial charge in [-0.05, 0) is 17.9 Å². The van der Waals surface area contributed by atoms with Crippen LogP contribution in [0.1, 0.15) is 44.4 Å². The summed E-state index contributed by atoms with van der Waals surface area (Å²) < 4.78 is 5.82. The third kappa shape index (κ3) is 4.07. The molecule has 0 radical (unpaired) electrons. The number of ether oxygens (including phenoxy) is 1. The third-order valence-electron chi connectivity index (χ3n) is 3.55. The van der Waals surface area contributed by atoms with Gasteiger partial charge < -0.3 is 9.64 Å². The molecule has 0 spiro atoms. The van der Waals surface area contributed by atoms with E-state index in [0.29, 0.717) is 26.1 Å². The molecule has 3 nitrogen and oxygen atoms in total. The Balaban J connectivity index is 2.01. The summed E-state index contributed by atoms with van der Waals surface area (Å²) in [7, 11) is 0. The number of amides is 1. The first-order chi connectivity index (χ1) is 9.35. The van der Waals surface area contributed by atoms with Crippen LogP contribution in [-0.4, -0.2) is 30.5 Å². The molecule has 110 valence electrons. The Labute approximate surface area is 121 Å². The van der Waals surface area contributed by atoms with Gasteiger partial charge in [0.1, 0.15) is 6.10 Å². The molecule has 1 saturated heterocycles. The molecule has 1 unspecified atom stereocenters. The number of aryl methyl sites for hydroxylation is 1. The lowest BCUT2D eigenvalue weighted by molar-refractivity contribution is -0.140. The Morgan fingerprint density at radius 1 is 1.30 bits per heavy atom. The highest BCUT2D eigenvalue weighted by Gasteiger charge is 2.27. The van der Waals surface area contributed by atoms with E-state index in [1.54, 1.807) is 0 Å². The highest BCUT2D eigenvalue weighted by molar-refractivity contribution is 5.77. The minimum atomic E-state index is 0.00766. The first-order valence-electron chi connectivity index (χ1n) is 7.31. The van der Waals surface area contributed by atoms with Crippen molar-refractivity contribution in [1.82, 2.24) is 4.90 Å². The maximum atomic E-state index is 12.3. The minimum Gasteiger partial charge on any atom is -0.370 e. The van der Waals surface area contributed by atoms with E-state index in [4.69, 9.17) is 4.74 Å². The number of rotatable bonds is 2. The van der Waals surface area contributed by atoms with Gasteiger partial charge in [-0.3, -0.25) is 4.79 Å². The van der Waals surface area contributed by atoms with Gasteiger partial charge in [-0.2, -0.15) is 0 Å². The molecule has 0 N–H and O–H groups in total. The topological polar surface area (TPSA) is 29.5 Å². The Morgan fingerprint density at radius 2 is 1.95 bits per heavy atom. The van der Waals surface area contributed by atoms with E-state index < -0.39 is 0 Å². The molecule has 1 aromatic rings. The van der Waals surface area contributed by atoms with Crippen molar-refractivity contribution in [1.29, 1.82) is 0 Å². The molecule has 0 bridgehead atoms. The van der Waals surface area contributed by atoms with E-state index in [2.05, 4.69) is 52.0 Å². The molecule has 1 atom stereocenters. The Kier molecular flexibility index (Phi) is 4.48. The standard InChI is InChI=1S/C17H25NO2/c1-13-5-7-14(8-6-13)15-12-18(9-10-20-15)16(19)11-17(2,3)4/h5-8,15H,9-12H2,1-4H3. The molecule has 1 amide bonds. The second-order valence-corrected chi connectivity index (χ2v) is 6.85. The van der Waals surface area contributed by atoms with E-state index in [1.807, 2.05) is 4.90 Å². The highest BCUT2D eigenvalue weighted by Crippen LogP contribution is 2.25. The fourth-order valence-electron chi connectivity index (χ4n) is 2.42. The average Bonchev–Trinajstić information content (AvgIpc) is 2.38. The predicted molar refractivity (Wildman–Crippen MR) is 80.5 cm³/mol. The summed E-state index contributed by atoms with van der Waals surface area (Å²) in [4.78, 5) is 14.3. The first-order valence-corrected chi connectivity index (χ1v) is 7.31. The number of morpholine rings is 1. The summed E-state index contributed by atoms with van der Waals surface area (Å²) in [6.45, 7) is 10.4. The lowest BCUT2D eigenvalue weighted by Gasteiger charge is -2.34. The van der Waals surface area contributed by atoms with Crippen LogP contribution in [0.2, 0.25) is 0 Å². The van der Waals surface area contributed by atoms with Crippen molar-refractivity contribution in [3.8, 4) is 0 Å². The molecule has 1 fully saturated rings. The van der Waals surface area contributed by atoms with Crippen LogP contribution in [0.3, 0.4) is 0 Å². The van der Waals surface area contributed by atoms with Crippen molar-refractivity contribution in [2.24, 2.45) is 5.41 Å². The number of carbonyl (C=O) groups excluding carboxylic acids is 1. The molecule has 2 rings (SSSR count). The molecule has 3 heteroatoms.